The van der Waals surface area contributed by atoms with Crippen molar-refractivity contribution < 1.29 is 14.0 Å². The first-order chi connectivity index (χ1) is 14.5. The lowest BCUT2D eigenvalue weighted by molar-refractivity contribution is -0.117. The van der Waals surface area contributed by atoms with E-state index in [1.165, 1.54) is 6.07 Å². The fraction of sp³-hybridized carbons (Fsp3) is 0.238. The minimum Gasteiger partial charge on any atom is -0.338 e. The lowest BCUT2D eigenvalue weighted by Gasteiger charge is -2.11. The van der Waals surface area contributed by atoms with Crippen molar-refractivity contribution in [3.8, 4) is 17.1 Å². The summed E-state index contributed by atoms with van der Waals surface area (Å²) in [6, 6.07) is 13.4. The number of carbonyl (C=O) groups is 2. The predicted octanol–water partition coefficient (Wildman–Crippen LogP) is 3.71. The van der Waals surface area contributed by atoms with Gasteiger partial charge in [-0.25, -0.2) is 9.18 Å². The molecule has 0 saturated heterocycles. The molecule has 2 aromatic carbocycles. The van der Waals surface area contributed by atoms with E-state index in [1.54, 1.807) is 22.8 Å². The Bertz CT molecular complexity index is 1040. The number of imide groups is 1. The van der Waals surface area contributed by atoms with Crippen molar-refractivity contribution in [2.24, 2.45) is 0 Å². The van der Waals surface area contributed by atoms with Crippen molar-refractivity contribution in [2.45, 2.75) is 25.4 Å². The van der Waals surface area contributed by atoms with Crippen molar-refractivity contribution in [2.75, 3.05) is 12.3 Å². The first kappa shape index (κ1) is 21.5. The smallest absolute Gasteiger partial charge is 0.321 e. The number of hydrogen-bond donors (Lipinski definition) is 2. The molecule has 0 atom stereocenters. The van der Waals surface area contributed by atoms with E-state index in [0.717, 1.165) is 29.4 Å². The highest BCUT2D eigenvalue weighted by atomic mass is 32.2. The van der Waals surface area contributed by atoms with Crippen LogP contribution in [0.4, 0.5) is 9.18 Å². The summed E-state index contributed by atoms with van der Waals surface area (Å²) >= 11 is 1.12. The van der Waals surface area contributed by atoms with Crippen molar-refractivity contribution in [1.29, 1.82) is 0 Å². The third-order valence-corrected chi connectivity index (χ3v) is 5.09. The van der Waals surface area contributed by atoms with Gasteiger partial charge >= 0.3 is 6.03 Å². The van der Waals surface area contributed by atoms with E-state index in [9.17, 15) is 14.0 Å². The molecule has 0 radical (unpaired) electrons. The van der Waals surface area contributed by atoms with Gasteiger partial charge in [0.25, 0.3) is 0 Å². The van der Waals surface area contributed by atoms with Crippen LogP contribution in [0.2, 0.25) is 0 Å². The molecule has 0 aliphatic heterocycles. The number of halogens is 1. The van der Waals surface area contributed by atoms with Gasteiger partial charge in [-0.3, -0.25) is 14.7 Å². The minimum atomic E-state index is -0.533. The number of urea groups is 1. The summed E-state index contributed by atoms with van der Waals surface area (Å²) in [6.07, 6.45) is 0.773. The van der Waals surface area contributed by atoms with Crippen molar-refractivity contribution >= 4 is 23.7 Å². The summed E-state index contributed by atoms with van der Waals surface area (Å²) in [5.41, 5.74) is 2.12. The number of aryl methyl sites for hydroxylation is 1. The SMILES string of the molecule is CCCNC(=O)NC(=O)CSc1nnc(-c2ccccc2F)n1-c1ccc(C)cc1. The van der Waals surface area contributed by atoms with Crippen LogP contribution in [0.15, 0.2) is 53.7 Å². The molecule has 0 aliphatic carbocycles. The number of carbonyl (C=O) groups excluding carboxylic acids is 2. The first-order valence-corrected chi connectivity index (χ1v) is 10.5. The number of aromatic nitrogens is 3. The molecule has 3 aromatic rings. The topological polar surface area (TPSA) is 88.9 Å². The largest absolute Gasteiger partial charge is 0.338 e. The minimum absolute atomic E-state index is 0.0409. The lowest BCUT2D eigenvalue weighted by Crippen LogP contribution is -2.40. The molecule has 0 fully saturated rings. The molecule has 2 N–H and O–H groups in total. The summed E-state index contributed by atoms with van der Waals surface area (Å²) in [4.78, 5) is 23.7. The number of hydrogen-bond acceptors (Lipinski definition) is 5. The normalized spacial score (nSPS) is 10.6. The summed E-state index contributed by atoms with van der Waals surface area (Å²) < 4.78 is 16.1. The number of amides is 3. The van der Waals surface area contributed by atoms with Gasteiger partial charge in [-0.1, -0.05) is 48.5 Å². The molecule has 30 heavy (non-hydrogen) atoms. The Morgan fingerprint density at radius 2 is 1.83 bits per heavy atom. The predicted molar refractivity (Wildman–Crippen MR) is 114 cm³/mol. The molecule has 9 heteroatoms. The van der Waals surface area contributed by atoms with Gasteiger partial charge in [0.1, 0.15) is 5.82 Å². The van der Waals surface area contributed by atoms with E-state index >= 15 is 0 Å². The monoisotopic (exact) mass is 427 g/mol. The number of rotatable bonds is 7. The Morgan fingerprint density at radius 1 is 1.10 bits per heavy atom. The van der Waals surface area contributed by atoms with Crippen LogP contribution in [0.1, 0.15) is 18.9 Å². The first-order valence-electron chi connectivity index (χ1n) is 9.47. The van der Waals surface area contributed by atoms with E-state index < -0.39 is 17.8 Å². The summed E-state index contributed by atoms with van der Waals surface area (Å²) in [6.45, 7) is 4.38. The van der Waals surface area contributed by atoms with E-state index in [-0.39, 0.29) is 5.75 Å². The maximum Gasteiger partial charge on any atom is 0.321 e. The number of nitrogens with zero attached hydrogens (tertiary/aromatic N) is 3. The van der Waals surface area contributed by atoms with E-state index in [4.69, 9.17) is 0 Å². The van der Waals surface area contributed by atoms with Crippen LogP contribution in [0.5, 0.6) is 0 Å². The molecule has 0 spiro atoms. The van der Waals surface area contributed by atoms with E-state index in [0.29, 0.717) is 23.1 Å². The Kier molecular flexibility index (Phi) is 7.18. The highest BCUT2D eigenvalue weighted by Crippen LogP contribution is 2.29. The highest BCUT2D eigenvalue weighted by Gasteiger charge is 2.19. The fourth-order valence-electron chi connectivity index (χ4n) is 2.68. The van der Waals surface area contributed by atoms with Crippen LogP contribution in [-0.4, -0.2) is 39.0 Å². The number of nitrogens with one attached hydrogen (secondary N) is 2. The zero-order chi connectivity index (χ0) is 21.5. The Labute approximate surface area is 178 Å². The van der Waals surface area contributed by atoms with Crippen LogP contribution in [-0.2, 0) is 4.79 Å². The number of benzene rings is 2. The molecule has 3 amide bonds. The van der Waals surface area contributed by atoms with Crippen molar-refractivity contribution in [1.82, 2.24) is 25.4 Å². The molecule has 0 unspecified atom stereocenters. The van der Waals surface area contributed by atoms with Gasteiger partial charge in [-0.15, -0.1) is 10.2 Å². The summed E-state index contributed by atoms with van der Waals surface area (Å²) in [7, 11) is 0. The van der Waals surface area contributed by atoms with Gasteiger partial charge < -0.3 is 5.32 Å². The van der Waals surface area contributed by atoms with Crippen molar-refractivity contribution in [3.63, 3.8) is 0 Å². The second-order valence-electron chi connectivity index (χ2n) is 6.55. The van der Waals surface area contributed by atoms with Gasteiger partial charge in [-0.2, -0.15) is 0 Å². The van der Waals surface area contributed by atoms with Gasteiger partial charge in [0, 0.05) is 12.2 Å². The zero-order valence-corrected chi connectivity index (χ0v) is 17.5. The molecule has 0 saturated carbocycles. The molecule has 1 aromatic heterocycles. The highest BCUT2D eigenvalue weighted by molar-refractivity contribution is 7.99. The van der Waals surface area contributed by atoms with Gasteiger partial charge in [0.05, 0.1) is 11.3 Å². The lowest BCUT2D eigenvalue weighted by atomic mass is 10.2. The fourth-order valence-corrected chi connectivity index (χ4v) is 3.43. The van der Waals surface area contributed by atoms with Gasteiger partial charge in [-0.05, 0) is 37.6 Å². The second-order valence-corrected chi connectivity index (χ2v) is 7.49. The molecule has 7 nitrogen and oxygen atoms in total. The number of thioether (sulfide) groups is 1. The Morgan fingerprint density at radius 3 is 2.53 bits per heavy atom. The molecule has 0 aliphatic rings. The second kappa shape index (κ2) is 10.0. The Balaban J connectivity index is 1.86. The van der Waals surface area contributed by atoms with Gasteiger partial charge in [0.2, 0.25) is 5.91 Å². The van der Waals surface area contributed by atoms with Crippen LogP contribution in [0.25, 0.3) is 17.1 Å². The van der Waals surface area contributed by atoms with Crippen LogP contribution in [0.3, 0.4) is 0 Å². The maximum atomic E-state index is 14.4. The van der Waals surface area contributed by atoms with E-state index in [1.807, 2.05) is 38.1 Å². The van der Waals surface area contributed by atoms with Gasteiger partial charge in [0.15, 0.2) is 11.0 Å². The molecule has 0 bridgehead atoms. The molecular formula is C21H22FN5O2S. The molecule has 156 valence electrons. The van der Waals surface area contributed by atoms with E-state index in [2.05, 4.69) is 20.8 Å². The quantitative estimate of drug-likeness (QED) is 0.561. The molecule has 3 rings (SSSR count). The van der Waals surface area contributed by atoms with Crippen LogP contribution in [0, 0.1) is 12.7 Å². The third kappa shape index (κ3) is 5.24. The van der Waals surface area contributed by atoms with Crippen LogP contribution < -0.4 is 10.6 Å². The Hall–Kier alpha value is -3.20. The summed E-state index contributed by atoms with van der Waals surface area (Å²) in [5, 5.41) is 13.6. The van der Waals surface area contributed by atoms with Crippen molar-refractivity contribution in [3.05, 3.63) is 59.9 Å². The van der Waals surface area contributed by atoms with Crippen LogP contribution >= 0.6 is 11.8 Å². The zero-order valence-electron chi connectivity index (χ0n) is 16.7. The molecule has 1 heterocycles. The standard InChI is InChI=1S/C21H22FN5O2S/c1-3-12-23-20(29)24-18(28)13-30-21-26-25-19(16-6-4-5-7-17(16)22)27(21)15-10-8-14(2)9-11-15/h4-11H,3,12-13H2,1-2H3,(H2,23,24,28,29). The maximum absolute atomic E-state index is 14.4. The average Bonchev–Trinajstić information content (AvgIpc) is 3.15. The summed E-state index contributed by atoms with van der Waals surface area (Å²) in [5.74, 6) is -0.582. The molecular weight excluding hydrogens is 405 g/mol. The third-order valence-electron chi connectivity index (χ3n) is 4.16. The average molecular weight is 428 g/mol.